The number of anilines is 1. The fraction of sp³-hybridized carbons (Fsp3) is 0.552. The lowest BCUT2D eigenvalue weighted by atomic mass is 9.74. The van der Waals surface area contributed by atoms with E-state index in [1.165, 1.54) is 39.3 Å². The standard InChI is InChI=1S/C29H40FN3O2/c1-20-18-28(35-17-16-31(4)5)22(3)27-19-23(6-11-26(20)27)21(2)29(34)33-14-12-32(13-15-33)25-9-7-24(30)8-10-25/h7-10,18,21,23H,6,11-17,19H2,1-5H3/p+1/t21-,23+/m0/s1. The molecular weight excluding hydrogens is 441 g/mol. The van der Waals surface area contributed by atoms with Gasteiger partial charge >= 0.3 is 0 Å². The molecular formula is C29H41FN3O2+. The number of nitrogens with zero attached hydrogens (tertiary/aromatic N) is 2. The Bertz CT molecular complexity index is 1030. The number of nitrogens with one attached hydrogen (secondary N) is 1. The smallest absolute Gasteiger partial charge is 0.225 e. The van der Waals surface area contributed by atoms with E-state index in [4.69, 9.17) is 4.74 Å². The van der Waals surface area contributed by atoms with E-state index < -0.39 is 0 Å². The van der Waals surface area contributed by atoms with Crippen LogP contribution in [0.5, 0.6) is 5.75 Å². The van der Waals surface area contributed by atoms with Gasteiger partial charge in [-0.25, -0.2) is 4.39 Å². The second-order valence-electron chi connectivity index (χ2n) is 10.7. The molecule has 0 unspecified atom stereocenters. The molecule has 1 N–H and O–H groups in total. The molecule has 2 aromatic rings. The van der Waals surface area contributed by atoms with Crippen LogP contribution in [-0.4, -0.2) is 64.2 Å². The summed E-state index contributed by atoms with van der Waals surface area (Å²) in [6.07, 6.45) is 3.03. The molecule has 35 heavy (non-hydrogen) atoms. The predicted octanol–water partition coefficient (Wildman–Crippen LogP) is 3.06. The maximum absolute atomic E-state index is 13.5. The van der Waals surface area contributed by atoms with Crippen LogP contribution in [-0.2, 0) is 17.6 Å². The van der Waals surface area contributed by atoms with Crippen LogP contribution in [0.3, 0.4) is 0 Å². The lowest BCUT2D eigenvalue weighted by Gasteiger charge is -2.39. The molecule has 190 valence electrons. The molecule has 1 heterocycles. The monoisotopic (exact) mass is 482 g/mol. The summed E-state index contributed by atoms with van der Waals surface area (Å²) in [7, 11) is 4.28. The number of hydrogen-bond acceptors (Lipinski definition) is 3. The molecule has 0 radical (unpaired) electrons. The van der Waals surface area contributed by atoms with Gasteiger partial charge < -0.3 is 19.4 Å². The first-order valence-corrected chi connectivity index (χ1v) is 13.1. The summed E-state index contributed by atoms with van der Waals surface area (Å²) < 4.78 is 19.4. The molecule has 2 aromatic carbocycles. The lowest BCUT2D eigenvalue weighted by Crippen LogP contribution is -3.06. The van der Waals surface area contributed by atoms with Gasteiger partial charge in [0.1, 0.15) is 24.7 Å². The van der Waals surface area contributed by atoms with Gasteiger partial charge in [0.05, 0.1) is 14.1 Å². The molecule has 1 amide bonds. The molecule has 1 fully saturated rings. The van der Waals surface area contributed by atoms with Gasteiger partial charge in [-0.3, -0.25) is 4.79 Å². The normalized spacial score (nSPS) is 19.0. The molecule has 2 aliphatic rings. The van der Waals surface area contributed by atoms with Crippen molar-refractivity contribution in [1.29, 1.82) is 0 Å². The molecule has 0 spiro atoms. The topological polar surface area (TPSA) is 37.2 Å². The largest absolute Gasteiger partial charge is 0.487 e. The molecule has 1 saturated heterocycles. The zero-order chi connectivity index (χ0) is 25.1. The molecule has 0 aromatic heterocycles. The van der Waals surface area contributed by atoms with E-state index in [1.54, 1.807) is 0 Å². The fourth-order valence-electron chi connectivity index (χ4n) is 5.59. The summed E-state index contributed by atoms with van der Waals surface area (Å²) >= 11 is 0. The van der Waals surface area contributed by atoms with Gasteiger partial charge in [-0.15, -0.1) is 0 Å². The minimum Gasteiger partial charge on any atom is -0.487 e. The zero-order valence-electron chi connectivity index (χ0n) is 22.0. The average Bonchev–Trinajstić information content (AvgIpc) is 2.86. The fourth-order valence-corrected chi connectivity index (χ4v) is 5.59. The molecule has 1 aliphatic carbocycles. The van der Waals surface area contributed by atoms with Crippen LogP contribution in [0.4, 0.5) is 10.1 Å². The third-order valence-corrected chi connectivity index (χ3v) is 7.98. The second-order valence-corrected chi connectivity index (χ2v) is 10.7. The Morgan fingerprint density at radius 3 is 2.46 bits per heavy atom. The zero-order valence-corrected chi connectivity index (χ0v) is 22.0. The Morgan fingerprint density at radius 2 is 1.80 bits per heavy atom. The summed E-state index contributed by atoms with van der Waals surface area (Å²) in [4.78, 5) is 19.1. The number of quaternary nitrogens is 1. The van der Waals surface area contributed by atoms with Crippen molar-refractivity contribution in [3.63, 3.8) is 0 Å². The molecule has 5 nitrogen and oxygen atoms in total. The number of carbonyl (C=O) groups excluding carboxylic acids is 1. The second kappa shape index (κ2) is 11.0. The first kappa shape index (κ1) is 25.5. The highest BCUT2D eigenvalue weighted by molar-refractivity contribution is 5.79. The van der Waals surface area contributed by atoms with Crippen LogP contribution in [0.25, 0.3) is 0 Å². The summed E-state index contributed by atoms with van der Waals surface area (Å²) in [6.45, 7) is 11.2. The van der Waals surface area contributed by atoms with Crippen molar-refractivity contribution in [2.45, 2.75) is 40.0 Å². The molecule has 2 atom stereocenters. The van der Waals surface area contributed by atoms with Crippen molar-refractivity contribution in [2.24, 2.45) is 11.8 Å². The SMILES string of the molecule is Cc1cc(OCC[NH+](C)C)c(C)c2c1CC[C@@H]([C@H](C)C(=O)N1CCN(c3ccc(F)cc3)CC1)C2. The van der Waals surface area contributed by atoms with Gasteiger partial charge in [0.15, 0.2) is 0 Å². The number of benzene rings is 2. The average molecular weight is 483 g/mol. The summed E-state index contributed by atoms with van der Waals surface area (Å²) in [5, 5.41) is 0. The molecule has 0 saturated carbocycles. The van der Waals surface area contributed by atoms with Gasteiger partial charge in [-0.2, -0.15) is 0 Å². The third-order valence-electron chi connectivity index (χ3n) is 7.98. The highest BCUT2D eigenvalue weighted by Crippen LogP contribution is 2.38. The predicted molar refractivity (Wildman–Crippen MR) is 139 cm³/mol. The van der Waals surface area contributed by atoms with E-state index in [2.05, 4.69) is 45.8 Å². The van der Waals surface area contributed by atoms with Gasteiger partial charge in [0, 0.05) is 37.8 Å². The summed E-state index contributed by atoms with van der Waals surface area (Å²) in [6, 6.07) is 8.84. The van der Waals surface area contributed by atoms with E-state index in [9.17, 15) is 9.18 Å². The Balaban J connectivity index is 1.39. The number of hydrogen-bond donors (Lipinski definition) is 1. The van der Waals surface area contributed by atoms with E-state index in [0.717, 1.165) is 50.3 Å². The maximum atomic E-state index is 13.5. The third kappa shape index (κ3) is 5.80. The molecule has 6 heteroatoms. The van der Waals surface area contributed by atoms with Crippen LogP contribution in [0.15, 0.2) is 30.3 Å². The minimum atomic E-state index is -0.218. The summed E-state index contributed by atoms with van der Waals surface area (Å²) in [5.41, 5.74) is 6.43. The minimum absolute atomic E-state index is 0.00198. The van der Waals surface area contributed by atoms with Crippen molar-refractivity contribution in [3.05, 3.63) is 58.4 Å². The number of likely N-dealkylation sites (N-methyl/N-ethyl adjacent to an activating group) is 1. The van der Waals surface area contributed by atoms with Crippen molar-refractivity contribution in [3.8, 4) is 5.75 Å². The van der Waals surface area contributed by atoms with E-state index in [0.29, 0.717) is 25.6 Å². The number of amides is 1. The van der Waals surface area contributed by atoms with Crippen LogP contribution in [0, 0.1) is 31.5 Å². The first-order valence-electron chi connectivity index (χ1n) is 13.1. The van der Waals surface area contributed by atoms with Crippen LogP contribution >= 0.6 is 0 Å². The lowest BCUT2D eigenvalue weighted by molar-refractivity contribution is -0.858. The van der Waals surface area contributed by atoms with Crippen LogP contribution in [0.1, 0.15) is 35.6 Å². The Kier molecular flexibility index (Phi) is 8.00. The van der Waals surface area contributed by atoms with Crippen molar-refractivity contribution >= 4 is 11.6 Å². The quantitative estimate of drug-likeness (QED) is 0.659. The Labute approximate surface area is 209 Å². The highest BCUT2D eigenvalue weighted by atomic mass is 19.1. The molecule has 0 bridgehead atoms. The first-order chi connectivity index (χ1) is 16.7. The number of aryl methyl sites for hydroxylation is 1. The van der Waals surface area contributed by atoms with Crippen molar-refractivity contribution < 1.29 is 18.8 Å². The highest BCUT2D eigenvalue weighted by Gasteiger charge is 2.33. The molecule has 1 aliphatic heterocycles. The van der Waals surface area contributed by atoms with Gasteiger partial charge in [-0.1, -0.05) is 6.92 Å². The van der Waals surface area contributed by atoms with Crippen LogP contribution in [0.2, 0.25) is 0 Å². The molecule has 4 rings (SSSR count). The number of halogens is 1. The number of ether oxygens (including phenoxy) is 1. The van der Waals surface area contributed by atoms with Gasteiger partial charge in [0.25, 0.3) is 0 Å². The van der Waals surface area contributed by atoms with Gasteiger partial charge in [-0.05, 0) is 91.6 Å². The number of fused-ring (bicyclic) bond motifs is 1. The van der Waals surface area contributed by atoms with Crippen LogP contribution < -0.4 is 14.5 Å². The maximum Gasteiger partial charge on any atom is 0.225 e. The number of carbonyl (C=O) groups is 1. The number of piperazine rings is 1. The Hall–Kier alpha value is -2.60. The number of rotatable bonds is 7. The van der Waals surface area contributed by atoms with E-state index in [1.807, 2.05) is 17.0 Å². The van der Waals surface area contributed by atoms with Crippen molar-refractivity contribution in [1.82, 2.24) is 4.90 Å². The summed E-state index contributed by atoms with van der Waals surface area (Å²) in [5.74, 6) is 1.41. The van der Waals surface area contributed by atoms with Crippen molar-refractivity contribution in [2.75, 3.05) is 58.3 Å². The van der Waals surface area contributed by atoms with E-state index in [-0.39, 0.29) is 17.6 Å². The van der Waals surface area contributed by atoms with E-state index >= 15 is 0 Å². The Morgan fingerprint density at radius 1 is 1.11 bits per heavy atom. The van der Waals surface area contributed by atoms with Gasteiger partial charge in [0.2, 0.25) is 5.91 Å².